The molecular weight excluding hydrogens is 610 g/mol. The van der Waals surface area contributed by atoms with E-state index in [0.717, 1.165) is 24.0 Å². The Balaban J connectivity index is 1.21. The molecule has 11 nitrogen and oxygen atoms in total. The molecule has 0 spiro atoms. The van der Waals surface area contributed by atoms with Gasteiger partial charge in [-0.1, -0.05) is 37.1 Å². The van der Waals surface area contributed by atoms with Crippen LogP contribution < -0.4 is 10.1 Å². The summed E-state index contributed by atoms with van der Waals surface area (Å²) in [6, 6.07) is 15.3. The number of fused-ring (bicyclic) bond motifs is 2. The molecule has 11 heteroatoms. The van der Waals surface area contributed by atoms with Crippen molar-refractivity contribution in [1.29, 1.82) is 0 Å². The number of amides is 5. The Labute approximate surface area is 279 Å². The van der Waals surface area contributed by atoms with Crippen molar-refractivity contribution >= 4 is 29.5 Å². The van der Waals surface area contributed by atoms with Crippen LogP contribution in [0.1, 0.15) is 80.3 Å². The molecule has 0 bridgehead atoms. The molecule has 3 aliphatic heterocycles. The van der Waals surface area contributed by atoms with E-state index in [1.807, 2.05) is 18.2 Å². The standard InChI is InChI=1S/C37H39N5O6/c1-38-33(43)26-10-2-3-11-27(26)35(45)41-19-15-23-8-6-14-31(48-25-16-18-40(21-25)34(44)24-9-7-17-39-20-24)32(23)30(41)22-42-36(46)28-12-4-5-13-29(28)37(42)47/h4-9,12-14,17,20,25-27,30H,2-3,10-11,15-16,18-19,21-22H2,1H3,(H,38,43)/t25?,26-,27?,30-/m1/s1. The first kappa shape index (κ1) is 31.5. The lowest BCUT2D eigenvalue weighted by molar-refractivity contribution is -0.146. The largest absolute Gasteiger partial charge is 0.488 e. The van der Waals surface area contributed by atoms with Crippen LogP contribution in [0.2, 0.25) is 0 Å². The second kappa shape index (κ2) is 13.2. The minimum Gasteiger partial charge on any atom is -0.488 e. The van der Waals surface area contributed by atoms with Gasteiger partial charge in [0.2, 0.25) is 11.8 Å². The van der Waals surface area contributed by atoms with E-state index in [-0.39, 0.29) is 30.4 Å². The molecule has 1 saturated heterocycles. The van der Waals surface area contributed by atoms with Gasteiger partial charge in [0.25, 0.3) is 17.7 Å². The van der Waals surface area contributed by atoms with Crippen molar-refractivity contribution in [2.24, 2.45) is 11.8 Å². The SMILES string of the molecule is CNC(=O)[C@@H]1CCCCC1C(=O)N1CCc2cccc(OC3CCN(C(=O)c4cccnc4)C3)c2[C@H]1CN1C(=O)c2ccccc2C1=O. The maximum atomic E-state index is 14.5. The Morgan fingerprint density at radius 1 is 0.896 bits per heavy atom. The monoisotopic (exact) mass is 649 g/mol. The van der Waals surface area contributed by atoms with E-state index in [1.54, 1.807) is 65.6 Å². The Hall–Kier alpha value is -5.06. The first-order chi connectivity index (χ1) is 23.4. The highest BCUT2D eigenvalue weighted by Crippen LogP contribution is 2.42. The summed E-state index contributed by atoms with van der Waals surface area (Å²) in [6.45, 7) is 1.26. The predicted octanol–water partition coefficient (Wildman–Crippen LogP) is 3.65. The number of nitrogens with one attached hydrogen (secondary N) is 1. The third-order valence-corrected chi connectivity index (χ3v) is 10.3. The van der Waals surface area contributed by atoms with Crippen LogP contribution in [0, 0.1) is 11.8 Å². The van der Waals surface area contributed by atoms with Crippen LogP contribution >= 0.6 is 0 Å². The molecule has 4 heterocycles. The zero-order valence-electron chi connectivity index (χ0n) is 27.0. The number of hydrogen-bond donors (Lipinski definition) is 1. The lowest BCUT2D eigenvalue weighted by Gasteiger charge is -2.43. The van der Waals surface area contributed by atoms with E-state index in [4.69, 9.17) is 4.74 Å². The molecule has 3 aromatic rings. The third-order valence-electron chi connectivity index (χ3n) is 10.3. The van der Waals surface area contributed by atoms with Gasteiger partial charge in [-0.15, -0.1) is 0 Å². The van der Waals surface area contributed by atoms with Crippen LogP contribution in [0.25, 0.3) is 0 Å². The van der Waals surface area contributed by atoms with Gasteiger partial charge in [-0.25, -0.2) is 0 Å². The lowest BCUT2D eigenvalue weighted by atomic mass is 9.77. The Bertz CT molecular complexity index is 1730. The van der Waals surface area contributed by atoms with Gasteiger partial charge in [0.1, 0.15) is 11.9 Å². The highest BCUT2D eigenvalue weighted by atomic mass is 16.5. The van der Waals surface area contributed by atoms with Crippen molar-refractivity contribution < 1.29 is 28.7 Å². The number of ether oxygens (including phenoxy) is 1. The number of nitrogens with zero attached hydrogens (tertiary/aromatic N) is 4. The number of rotatable bonds is 7. The average molecular weight is 650 g/mol. The summed E-state index contributed by atoms with van der Waals surface area (Å²) in [5.41, 5.74) is 2.95. The lowest BCUT2D eigenvalue weighted by Crippen LogP contribution is -2.51. The zero-order chi connectivity index (χ0) is 33.4. The van der Waals surface area contributed by atoms with Gasteiger partial charge in [0.05, 0.1) is 35.8 Å². The molecule has 5 amide bonds. The molecule has 1 aliphatic carbocycles. The first-order valence-corrected chi connectivity index (χ1v) is 16.8. The summed E-state index contributed by atoms with van der Waals surface area (Å²) in [6.07, 6.45) is 7.03. The predicted molar refractivity (Wildman–Crippen MR) is 175 cm³/mol. The average Bonchev–Trinajstić information content (AvgIpc) is 3.69. The smallest absolute Gasteiger partial charge is 0.261 e. The fourth-order valence-corrected chi connectivity index (χ4v) is 7.87. The van der Waals surface area contributed by atoms with Gasteiger partial charge in [0.15, 0.2) is 0 Å². The van der Waals surface area contributed by atoms with Crippen molar-refractivity contribution in [2.75, 3.05) is 33.2 Å². The summed E-state index contributed by atoms with van der Waals surface area (Å²) >= 11 is 0. The molecule has 1 saturated carbocycles. The number of likely N-dealkylation sites (tertiary alicyclic amines) is 1. The summed E-state index contributed by atoms with van der Waals surface area (Å²) in [4.78, 5) is 76.6. The number of pyridine rings is 1. The van der Waals surface area contributed by atoms with Crippen LogP contribution in [-0.2, 0) is 16.0 Å². The number of carbonyl (C=O) groups excluding carboxylic acids is 5. The zero-order valence-corrected chi connectivity index (χ0v) is 27.0. The summed E-state index contributed by atoms with van der Waals surface area (Å²) in [7, 11) is 1.60. The van der Waals surface area contributed by atoms with Gasteiger partial charge in [-0.3, -0.25) is 33.9 Å². The number of aromatic nitrogens is 1. The fraction of sp³-hybridized carbons (Fsp3) is 0.405. The second-order valence-corrected chi connectivity index (χ2v) is 13.0. The maximum Gasteiger partial charge on any atom is 0.261 e. The molecule has 48 heavy (non-hydrogen) atoms. The van der Waals surface area contributed by atoms with E-state index < -0.39 is 29.7 Å². The van der Waals surface area contributed by atoms with Crippen LogP contribution in [0.3, 0.4) is 0 Å². The van der Waals surface area contributed by atoms with E-state index in [1.165, 1.54) is 4.90 Å². The molecule has 7 rings (SSSR count). The van der Waals surface area contributed by atoms with Crippen LogP contribution in [-0.4, -0.2) is 88.6 Å². The fourth-order valence-electron chi connectivity index (χ4n) is 7.87. The van der Waals surface area contributed by atoms with E-state index in [0.29, 0.717) is 67.8 Å². The molecular formula is C37H39N5O6. The first-order valence-electron chi connectivity index (χ1n) is 16.8. The maximum absolute atomic E-state index is 14.5. The topological polar surface area (TPSA) is 129 Å². The Morgan fingerprint density at radius 3 is 2.35 bits per heavy atom. The summed E-state index contributed by atoms with van der Waals surface area (Å²) in [5.74, 6) is -1.55. The van der Waals surface area contributed by atoms with Crippen molar-refractivity contribution in [3.05, 3.63) is 94.8 Å². The van der Waals surface area contributed by atoms with Crippen LogP contribution in [0.5, 0.6) is 5.75 Å². The van der Waals surface area contributed by atoms with Crippen LogP contribution in [0.15, 0.2) is 67.0 Å². The van der Waals surface area contributed by atoms with Crippen LogP contribution in [0.4, 0.5) is 0 Å². The van der Waals surface area contributed by atoms with Crippen molar-refractivity contribution in [3.63, 3.8) is 0 Å². The Morgan fingerprint density at radius 2 is 1.65 bits per heavy atom. The minimum atomic E-state index is -0.679. The number of carbonyl (C=O) groups is 5. The number of benzene rings is 2. The summed E-state index contributed by atoms with van der Waals surface area (Å²) < 4.78 is 6.65. The highest BCUT2D eigenvalue weighted by Gasteiger charge is 2.45. The van der Waals surface area contributed by atoms with Crippen molar-refractivity contribution in [3.8, 4) is 5.75 Å². The number of imide groups is 1. The molecule has 2 aromatic carbocycles. The van der Waals surface area contributed by atoms with Gasteiger partial charge in [-0.05, 0) is 55.2 Å². The van der Waals surface area contributed by atoms with Gasteiger partial charge >= 0.3 is 0 Å². The molecule has 1 N–H and O–H groups in total. The van der Waals surface area contributed by atoms with E-state index in [9.17, 15) is 24.0 Å². The normalized spacial score (nSPS) is 23.5. The summed E-state index contributed by atoms with van der Waals surface area (Å²) in [5, 5.41) is 2.74. The Kier molecular flexibility index (Phi) is 8.68. The number of hydrogen-bond acceptors (Lipinski definition) is 7. The highest BCUT2D eigenvalue weighted by molar-refractivity contribution is 6.21. The second-order valence-electron chi connectivity index (χ2n) is 13.0. The van der Waals surface area contributed by atoms with E-state index >= 15 is 0 Å². The van der Waals surface area contributed by atoms with E-state index in [2.05, 4.69) is 10.3 Å². The third kappa shape index (κ3) is 5.71. The molecule has 1 aromatic heterocycles. The molecule has 248 valence electrons. The molecule has 2 unspecified atom stereocenters. The molecule has 2 fully saturated rings. The van der Waals surface area contributed by atoms with Gasteiger partial charge in [0, 0.05) is 56.4 Å². The molecule has 0 radical (unpaired) electrons. The van der Waals surface area contributed by atoms with Gasteiger partial charge in [-0.2, -0.15) is 0 Å². The quantitative estimate of drug-likeness (QED) is 0.387. The van der Waals surface area contributed by atoms with Crippen molar-refractivity contribution in [2.45, 2.75) is 50.7 Å². The molecule has 4 atom stereocenters. The van der Waals surface area contributed by atoms with Gasteiger partial charge < -0.3 is 19.9 Å². The minimum absolute atomic E-state index is 0.0426. The van der Waals surface area contributed by atoms with Crippen molar-refractivity contribution in [1.82, 2.24) is 25.0 Å². The molecule has 4 aliphatic rings.